The molecule has 0 saturated heterocycles. The van der Waals surface area contributed by atoms with E-state index in [-0.39, 0.29) is 18.2 Å². The van der Waals surface area contributed by atoms with Crippen LogP contribution in [0.15, 0.2) is 0 Å². The smallest absolute Gasteiger partial charge is 0.242 e. The molecule has 0 aliphatic carbocycles. The Morgan fingerprint density at radius 3 is 2.56 bits per heavy atom. The molecule has 0 radical (unpaired) electrons. The van der Waals surface area contributed by atoms with Gasteiger partial charge in [-0.25, -0.2) is 4.98 Å². The van der Waals surface area contributed by atoms with E-state index >= 15 is 0 Å². The third-order valence-corrected chi connectivity index (χ3v) is 3.43. The van der Waals surface area contributed by atoms with Gasteiger partial charge in [0, 0.05) is 14.0 Å². The van der Waals surface area contributed by atoms with Gasteiger partial charge in [0.05, 0.1) is 17.1 Å². The molecule has 6 heteroatoms. The molecule has 1 heterocycles. The van der Waals surface area contributed by atoms with Crippen LogP contribution in [-0.2, 0) is 4.79 Å². The number of carbonyl (C=O) groups is 2. The van der Waals surface area contributed by atoms with E-state index in [2.05, 4.69) is 10.3 Å². The van der Waals surface area contributed by atoms with Crippen molar-refractivity contribution in [3.8, 4) is 0 Å². The first kappa shape index (κ1) is 12.8. The Hall–Kier alpha value is -1.27. The summed E-state index contributed by atoms with van der Waals surface area (Å²) in [6.07, 6.45) is 0. The van der Waals surface area contributed by atoms with Gasteiger partial charge in [-0.15, -0.1) is 0 Å². The van der Waals surface area contributed by atoms with Gasteiger partial charge >= 0.3 is 0 Å². The number of thiazole rings is 1. The van der Waals surface area contributed by atoms with Gasteiger partial charge in [-0.3, -0.25) is 14.5 Å². The molecule has 0 aliphatic heterocycles. The minimum absolute atomic E-state index is 0.0179. The second-order valence-electron chi connectivity index (χ2n) is 3.45. The van der Waals surface area contributed by atoms with E-state index in [9.17, 15) is 9.59 Å². The lowest BCUT2D eigenvalue weighted by Crippen LogP contribution is -2.33. The molecular formula is C10H15N3O2S. The molecule has 0 aromatic carbocycles. The predicted molar refractivity (Wildman–Crippen MR) is 64.2 cm³/mol. The van der Waals surface area contributed by atoms with Crippen LogP contribution in [0.2, 0.25) is 0 Å². The van der Waals surface area contributed by atoms with Crippen LogP contribution in [-0.4, -0.2) is 37.3 Å². The van der Waals surface area contributed by atoms with Crippen molar-refractivity contribution in [3.05, 3.63) is 10.6 Å². The lowest BCUT2D eigenvalue weighted by Gasteiger charge is -2.12. The standard InChI is InChI=1S/C10H15N3O2S/c1-6-9(7(2)14)16-10(12-6)13(4)8(15)5-11-3/h11H,5H2,1-4H3. The average molecular weight is 241 g/mol. The van der Waals surface area contributed by atoms with Gasteiger partial charge in [0.25, 0.3) is 0 Å². The zero-order valence-corrected chi connectivity index (χ0v) is 10.6. The monoisotopic (exact) mass is 241 g/mol. The Labute approximate surface area is 98.5 Å². The van der Waals surface area contributed by atoms with Crippen molar-refractivity contribution in [1.29, 1.82) is 0 Å². The fourth-order valence-electron chi connectivity index (χ4n) is 1.23. The first-order valence-electron chi connectivity index (χ1n) is 4.87. The van der Waals surface area contributed by atoms with Gasteiger partial charge in [0.2, 0.25) is 5.91 Å². The normalized spacial score (nSPS) is 10.2. The van der Waals surface area contributed by atoms with Crippen molar-refractivity contribution in [2.24, 2.45) is 0 Å². The van der Waals surface area contributed by atoms with Gasteiger partial charge in [-0.05, 0) is 14.0 Å². The fourth-order valence-corrected chi connectivity index (χ4v) is 2.17. The molecule has 0 atom stereocenters. The summed E-state index contributed by atoms with van der Waals surface area (Å²) in [7, 11) is 3.36. The first-order chi connectivity index (χ1) is 7.47. The Bertz CT molecular complexity index is 414. The van der Waals surface area contributed by atoms with Crippen LogP contribution in [0.3, 0.4) is 0 Å². The van der Waals surface area contributed by atoms with Crippen LogP contribution in [0.4, 0.5) is 5.13 Å². The number of Topliss-reactive ketones (excluding diaryl/α,β-unsaturated/α-hetero) is 1. The zero-order valence-electron chi connectivity index (χ0n) is 9.83. The van der Waals surface area contributed by atoms with Crippen LogP contribution in [0.25, 0.3) is 0 Å². The zero-order chi connectivity index (χ0) is 12.3. The summed E-state index contributed by atoms with van der Waals surface area (Å²) in [6, 6.07) is 0. The minimum atomic E-state index is -0.0775. The quantitative estimate of drug-likeness (QED) is 0.793. The number of aryl methyl sites for hydroxylation is 1. The summed E-state index contributed by atoms with van der Waals surface area (Å²) < 4.78 is 0. The van der Waals surface area contributed by atoms with Crippen LogP contribution >= 0.6 is 11.3 Å². The SMILES string of the molecule is CNCC(=O)N(C)c1nc(C)c(C(C)=O)s1. The van der Waals surface area contributed by atoms with E-state index in [1.807, 2.05) is 0 Å². The van der Waals surface area contributed by atoms with Crippen molar-refractivity contribution >= 4 is 28.2 Å². The predicted octanol–water partition coefficient (Wildman–Crippen LogP) is 0.836. The molecule has 1 amide bonds. The van der Waals surface area contributed by atoms with Gasteiger partial charge < -0.3 is 5.32 Å². The number of likely N-dealkylation sites (N-methyl/N-ethyl adjacent to an activating group) is 2. The van der Waals surface area contributed by atoms with Gasteiger partial charge in [-0.2, -0.15) is 0 Å². The summed E-state index contributed by atoms with van der Waals surface area (Å²) in [5.41, 5.74) is 0.677. The number of hydrogen-bond donors (Lipinski definition) is 1. The number of amides is 1. The molecule has 1 rings (SSSR count). The number of aromatic nitrogens is 1. The second kappa shape index (κ2) is 5.18. The van der Waals surface area contributed by atoms with Gasteiger partial charge in [0.1, 0.15) is 0 Å². The Morgan fingerprint density at radius 2 is 2.12 bits per heavy atom. The second-order valence-corrected chi connectivity index (χ2v) is 4.43. The van der Waals surface area contributed by atoms with Crippen molar-refractivity contribution in [3.63, 3.8) is 0 Å². The highest BCUT2D eigenvalue weighted by Gasteiger charge is 2.17. The number of anilines is 1. The average Bonchev–Trinajstić information content (AvgIpc) is 2.59. The fraction of sp³-hybridized carbons (Fsp3) is 0.500. The van der Waals surface area contributed by atoms with E-state index < -0.39 is 0 Å². The molecule has 0 fully saturated rings. The maximum absolute atomic E-state index is 11.6. The summed E-state index contributed by atoms with van der Waals surface area (Å²) >= 11 is 1.25. The Kier molecular flexibility index (Phi) is 4.14. The van der Waals surface area contributed by atoms with Crippen molar-refractivity contribution in [2.45, 2.75) is 13.8 Å². The number of nitrogens with zero attached hydrogens (tertiary/aromatic N) is 2. The number of carbonyl (C=O) groups excluding carboxylic acids is 2. The maximum Gasteiger partial charge on any atom is 0.242 e. The molecule has 1 aromatic rings. The summed E-state index contributed by atoms with van der Waals surface area (Å²) in [4.78, 5) is 29.1. The lowest BCUT2D eigenvalue weighted by atomic mass is 10.3. The summed E-state index contributed by atoms with van der Waals surface area (Å²) in [5, 5.41) is 3.34. The van der Waals surface area contributed by atoms with Crippen molar-refractivity contribution in [2.75, 3.05) is 25.5 Å². The number of nitrogens with one attached hydrogen (secondary N) is 1. The highest BCUT2D eigenvalue weighted by Crippen LogP contribution is 2.25. The molecule has 16 heavy (non-hydrogen) atoms. The lowest BCUT2D eigenvalue weighted by molar-refractivity contribution is -0.117. The molecule has 1 aromatic heterocycles. The van der Waals surface area contributed by atoms with E-state index in [1.54, 1.807) is 21.0 Å². The van der Waals surface area contributed by atoms with Crippen LogP contribution in [0.1, 0.15) is 22.3 Å². The number of hydrogen-bond acceptors (Lipinski definition) is 5. The van der Waals surface area contributed by atoms with Gasteiger partial charge in [0.15, 0.2) is 10.9 Å². The first-order valence-corrected chi connectivity index (χ1v) is 5.68. The molecule has 1 N–H and O–H groups in total. The third kappa shape index (κ3) is 2.65. The molecule has 0 aliphatic rings. The van der Waals surface area contributed by atoms with E-state index in [0.29, 0.717) is 15.7 Å². The van der Waals surface area contributed by atoms with Crippen LogP contribution in [0.5, 0.6) is 0 Å². The molecule has 0 saturated carbocycles. The Morgan fingerprint density at radius 1 is 1.50 bits per heavy atom. The van der Waals surface area contributed by atoms with Crippen molar-refractivity contribution in [1.82, 2.24) is 10.3 Å². The Balaban J connectivity index is 2.92. The highest BCUT2D eigenvalue weighted by atomic mass is 32.1. The molecule has 0 spiro atoms. The largest absolute Gasteiger partial charge is 0.311 e. The van der Waals surface area contributed by atoms with Gasteiger partial charge in [-0.1, -0.05) is 11.3 Å². The molecule has 0 bridgehead atoms. The maximum atomic E-state index is 11.6. The highest BCUT2D eigenvalue weighted by molar-refractivity contribution is 7.17. The van der Waals surface area contributed by atoms with E-state index in [1.165, 1.54) is 23.2 Å². The molecule has 88 valence electrons. The number of ketones is 1. The minimum Gasteiger partial charge on any atom is -0.311 e. The van der Waals surface area contributed by atoms with E-state index in [0.717, 1.165) is 0 Å². The molecular weight excluding hydrogens is 226 g/mol. The topological polar surface area (TPSA) is 62.3 Å². The van der Waals surface area contributed by atoms with Crippen LogP contribution in [0, 0.1) is 6.92 Å². The van der Waals surface area contributed by atoms with Crippen molar-refractivity contribution < 1.29 is 9.59 Å². The summed E-state index contributed by atoms with van der Waals surface area (Å²) in [6.45, 7) is 3.53. The molecule has 5 nitrogen and oxygen atoms in total. The molecule has 0 unspecified atom stereocenters. The third-order valence-electron chi connectivity index (χ3n) is 2.09. The van der Waals surface area contributed by atoms with Crippen LogP contribution < -0.4 is 10.2 Å². The number of rotatable bonds is 4. The van der Waals surface area contributed by atoms with E-state index in [4.69, 9.17) is 0 Å². The summed E-state index contributed by atoms with van der Waals surface area (Å²) in [5.74, 6) is -0.0953.